The van der Waals surface area contributed by atoms with Crippen LogP contribution in [0, 0.1) is 17.2 Å². The average molecular weight is 554 g/mol. The summed E-state index contributed by atoms with van der Waals surface area (Å²) >= 11 is 1.56. The average Bonchev–Trinajstić information content (AvgIpc) is 3.54. The number of aromatic nitrogens is 1. The van der Waals surface area contributed by atoms with E-state index in [-0.39, 0.29) is 23.7 Å². The Morgan fingerprint density at radius 2 is 2.03 bits per heavy atom. The van der Waals surface area contributed by atoms with Gasteiger partial charge in [0.1, 0.15) is 16.8 Å². The summed E-state index contributed by atoms with van der Waals surface area (Å²) in [5.41, 5.74) is 1.15. The van der Waals surface area contributed by atoms with E-state index in [1.165, 1.54) is 0 Å². The quantitative estimate of drug-likeness (QED) is 0.539. The van der Waals surface area contributed by atoms with Gasteiger partial charge in [0.05, 0.1) is 11.8 Å². The number of nitrogens with zero attached hydrogens (tertiary/aromatic N) is 4. The summed E-state index contributed by atoms with van der Waals surface area (Å²) in [5.74, 6) is 0.724. The van der Waals surface area contributed by atoms with Crippen molar-refractivity contribution in [1.29, 1.82) is 5.26 Å². The molecule has 2 aromatic rings. The summed E-state index contributed by atoms with van der Waals surface area (Å²) in [6, 6.07) is 9.96. The molecular formula is C29H36FN5O3S. The summed E-state index contributed by atoms with van der Waals surface area (Å²) in [6.45, 7) is 6.75. The molecule has 1 aromatic carbocycles. The van der Waals surface area contributed by atoms with Crippen molar-refractivity contribution in [3.8, 4) is 17.4 Å². The van der Waals surface area contributed by atoms with Crippen LogP contribution in [0.25, 0.3) is 11.3 Å². The Kier molecular flexibility index (Phi) is 7.51. The van der Waals surface area contributed by atoms with Crippen molar-refractivity contribution < 1.29 is 18.7 Å². The van der Waals surface area contributed by atoms with Gasteiger partial charge < -0.3 is 19.7 Å². The molecule has 4 atom stereocenters. The Hall–Kier alpha value is -2.90. The zero-order chi connectivity index (χ0) is 27.9. The van der Waals surface area contributed by atoms with Crippen molar-refractivity contribution in [2.24, 2.45) is 10.9 Å². The minimum absolute atomic E-state index is 0.0975. The molecule has 1 aromatic heterocycles. The fourth-order valence-electron chi connectivity index (χ4n) is 5.40. The molecule has 1 aliphatic heterocycles. The number of hydrogen-bond acceptors (Lipinski definition) is 8. The van der Waals surface area contributed by atoms with Gasteiger partial charge in [-0.2, -0.15) is 5.26 Å². The molecule has 2 unspecified atom stereocenters. The highest BCUT2D eigenvalue weighted by molar-refractivity contribution is 8.14. The molecular weight excluding hydrogens is 517 g/mol. The number of hydrogen-bond donors (Lipinski definition) is 2. The maximum absolute atomic E-state index is 14.6. The van der Waals surface area contributed by atoms with Crippen LogP contribution in [0.5, 0.6) is 0 Å². The van der Waals surface area contributed by atoms with Crippen LogP contribution >= 0.6 is 11.8 Å². The first-order valence-corrected chi connectivity index (χ1v) is 14.6. The Bertz CT molecular complexity index is 1290. The maximum atomic E-state index is 14.6. The lowest BCUT2D eigenvalue weighted by Crippen LogP contribution is -2.45. The Labute approximate surface area is 233 Å². The van der Waals surface area contributed by atoms with Gasteiger partial charge in [0, 0.05) is 47.8 Å². The topological polar surface area (TPSA) is 115 Å². The molecule has 0 radical (unpaired) electrons. The molecule has 10 heteroatoms. The van der Waals surface area contributed by atoms with Crippen LogP contribution in [0.3, 0.4) is 0 Å². The third-order valence-electron chi connectivity index (χ3n) is 7.88. The van der Waals surface area contributed by atoms with Crippen molar-refractivity contribution >= 4 is 28.4 Å². The number of aliphatic hydroxyl groups is 1. The minimum Gasteiger partial charge on any atom is -0.440 e. The zero-order valence-electron chi connectivity index (χ0n) is 22.9. The summed E-state index contributed by atoms with van der Waals surface area (Å²) in [7, 11) is 1.69. The molecule has 39 heavy (non-hydrogen) atoms. The van der Waals surface area contributed by atoms with Gasteiger partial charge in [-0.15, -0.1) is 11.8 Å². The Morgan fingerprint density at radius 3 is 2.64 bits per heavy atom. The van der Waals surface area contributed by atoms with Gasteiger partial charge in [0.15, 0.2) is 12.0 Å². The van der Waals surface area contributed by atoms with Crippen LogP contribution in [0.1, 0.15) is 70.4 Å². The van der Waals surface area contributed by atoms with Gasteiger partial charge >= 0.3 is 0 Å². The van der Waals surface area contributed by atoms with Crippen LogP contribution in [0.15, 0.2) is 33.7 Å². The van der Waals surface area contributed by atoms with Crippen molar-refractivity contribution in [3.05, 3.63) is 35.9 Å². The number of amides is 1. The molecule has 3 aliphatic rings. The number of benzene rings is 1. The molecule has 2 aliphatic carbocycles. The number of carbonyl (C=O) groups excluding carboxylic acids is 1. The van der Waals surface area contributed by atoms with Crippen molar-refractivity contribution in [2.75, 3.05) is 24.2 Å². The summed E-state index contributed by atoms with van der Waals surface area (Å²) in [6.07, 6.45) is 0.300. The van der Waals surface area contributed by atoms with E-state index >= 15 is 0 Å². The van der Waals surface area contributed by atoms with Gasteiger partial charge in [0.25, 0.3) is 0 Å². The third kappa shape index (κ3) is 5.57. The van der Waals surface area contributed by atoms with Crippen LogP contribution < -0.4 is 10.2 Å². The second-order valence-electron chi connectivity index (χ2n) is 11.8. The molecule has 3 fully saturated rings. The molecule has 1 saturated heterocycles. The van der Waals surface area contributed by atoms with E-state index < -0.39 is 23.9 Å². The van der Waals surface area contributed by atoms with Gasteiger partial charge in [-0.1, -0.05) is 20.8 Å². The predicted molar refractivity (Wildman–Crippen MR) is 151 cm³/mol. The van der Waals surface area contributed by atoms with Crippen LogP contribution in [0.4, 0.5) is 10.1 Å². The second kappa shape index (κ2) is 10.6. The lowest BCUT2D eigenvalue weighted by Gasteiger charge is -2.34. The molecule has 8 nitrogen and oxygen atoms in total. The highest BCUT2D eigenvalue weighted by Gasteiger charge is 2.48. The molecule has 2 heterocycles. The van der Waals surface area contributed by atoms with E-state index in [4.69, 9.17) is 9.40 Å². The van der Waals surface area contributed by atoms with E-state index in [0.29, 0.717) is 54.6 Å². The lowest BCUT2D eigenvalue weighted by atomic mass is 9.75. The number of oxazole rings is 1. The van der Waals surface area contributed by atoms with Crippen molar-refractivity contribution in [3.63, 3.8) is 0 Å². The summed E-state index contributed by atoms with van der Waals surface area (Å²) < 4.78 is 21.0. The normalized spacial score (nSPS) is 27.7. The lowest BCUT2D eigenvalue weighted by molar-refractivity contribution is -0.128. The van der Waals surface area contributed by atoms with Gasteiger partial charge in [-0.05, 0) is 56.4 Å². The van der Waals surface area contributed by atoms with Crippen molar-refractivity contribution in [1.82, 2.24) is 10.3 Å². The molecule has 5 rings (SSSR count). The number of thioether (sulfide) groups is 1. The standard InChI is InChI=1S/C29H36FN5O3S/c1-28(2,3)27-33-22(20-10-7-18(30)15-21(20)24(36)34-29(16-31)11-12-29)23(38-27)17-5-8-19(9-6-17)35-13-14-39-25(32-4)26(35)37/h5-6,8-9,18,20-21,26,37H,7,10-15H2,1-4H3,(H,34,36)/b32-25+/t18-,20+,21?,26?/m0/s1. The number of anilines is 1. The van der Waals surface area contributed by atoms with E-state index in [1.54, 1.807) is 18.8 Å². The molecule has 1 amide bonds. The number of halogens is 1. The number of aliphatic imine (C=N–C) groups is 1. The molecule has 2 saturated carbocycles. The van der Waals surface area contributed by atoms with Crippen LogP contribution in [0.2, 0.25) is 0 Å². The number of nitriles is 1. The third-order valence-corrected chi connectivity index (χ3v) is 8.95. The first-order chi connectivity index (χ1) is 18.5. The van der Waals surface area contributed by atoms with Crippen LogP contribution in [-0.4, -0.2) is 58.3 Å². The number of aliphatic hydroxyl groups excluding tert-OH is 1. The molecule has 0 bridgehead atoms. The van der Waals surface area contributed by atoms with E-state index in [9.17, 15) is 19.6 Å². The molecule has 0 spiro atoms. The second-order valence-corrected chi connectivity index (χ2v) is 12.9. The van der Waals surface area contributed by atoms with E-state index in [1.807, 2.05) is 49.9 Å². The first-order valence-electron chi connectivity index (χ1n) is 13.6. The molecule has 2 N–H and O–H groups in total. The summed E-state index contributed by atoms with van der Waals surface area (Å²) in [4.78, 5) is 24.4. The van der Waals surface area contributed by atoms with Crippen LogP contribution in [-0.2, 0) is 10.2 Å². The number of carbonyl (C=O) groups is 1. The summed E-state index contributed by atoms with van der Waals surface area (Å²) in [5, 5.41) is 23.8. The maximum Gasteiger partial charge on any atom is 0.225 e. The highest BCUT2D eigenvalue weighted by atomic mass is 32.2. The largest absolute Gasteiger partial charge is 0.440 e. The fourth-order valence-corrected chi connectivity index (χ4v) is 6.30. The van der Waals surface area contributed by atoms with Crippen molar-refractivity contribution in [2.45, 2.75) is 82.1 Å². The van der Waals surface area contributed by atoms with Gasteiger partial charge in [-0.25, -0.2) is 9.37 Å². The first kappa shape index (κ1) is 27.7. The number of alkyl halides is 1. The van der Waals surface area contributed by atoms with Gasteiger partial charge in [-0.3, -0.25) is 9.79 Å². The predicted octanol–water partition coefficient (Wildman–Crippen LogP) is 4.93. The minimum atomic E-state index is -1.07. The Morgan fingerprint density at radius 1 is 1.31 bits per heavy atom. The zero-order valence-corrected chi connectivity index (χ0v) is 23.7. The fraction of sp³-hybridized carbons (Fsp3) is 0.586. The monoisotopic (exact) mass is 553 g/mol. The molecule has 208 valence electrons. The Balaban J connectivity index is 1.49. The SMILES string of the molecule is C/N=C1/SCCN(c2ccc(-c3oc(C(C)(C)C)nc3[C@@H]3CC[C@H](F)CC3C(=O)NC3(C#N)CC3)cc2)C1O. The number of nitrogens with one attached hydrogen (secondary N) is 1. The highest BCUT2D eigenvalue weighted by Crippen LogP contribution is 2.45. The number of rotatable bonds is 5. The smallest absolute Gasteiger partial charge is 0.225 e. The van der Waals surface area contributed by atoms with E-state index in [2.05, 4.69) is 16.4 Å². The van der Waals surface area contributed by atoms with Gasteiger partial charge in [0.2, 0.25) is 11.8 Å². The van der Waals surface area contributed by atoms with E-state index in [0.717, 1.165) is 17.0 Å².